The number of rotatable bonds is 6. The van der Waals surface area contributed by atoms with Crippen LogP contribution in [-0.4, -0.2) is 41.9 Å². The molecule has 1 saturated heterocycles. The molecular formula is C21H20Cl2N4O4S. The largest absolute Gasteiger partial charge is 0.347 e. The second-order valence-corrected chi connectivity index (χ2v) is 10.2. The van der Waals surface area contributed by atoms with Gasteiger partial charge in [-0.05, 0) is 49.2 Å². The Morgan fingerprint density at radius 2 is 1.94 bits per heavy atom. The molecule has 1 aromatic heterocycles. The lowest BCUT2D eigenvalue weighted by Crippen LogP contribution is -2.45. The van der Waals surface area contributed by atoms with E-state index in [2.05, 4.69) is 15.5 Å². The third-order valence-corrected chi connectivity index (χ3v) is 7.54. The summed E-state index contributed by atoms with van der Waals surface area (Å²) in [4.78, 5) is 17.1. The lowest BCUT2D eigenvalue weighted by atomic mass is 9.99. The van der Waals surface area contributed by atoms with Crippen LogP contribution >= 0.6 is 23.2 Å². The van der Waals surface area contributed by atoms with Gasteiger partial charge in [0, 0.05) is 28.7 Å². The predicted octanol–water partition coefficient (Wildman–Crippen LogP) is 3.76. The molecule has 1 atom stereocenters. The average molecular weight is 495 g/mol. The van der Waals surface area contributed by atoms with Gasteiger partial charge in [-0.1, -0.05) is 40.5 Å². The first-order valence-electron chi connectivity index (χ1n) is 9.95. The van der Waals surface area contributed by atoms with E-state index in [1.165, 1.54) is 28.6 Å². The fraction of sp³-hybridized carbons (Fsp3) is 0.286. The molecule has 11 heteroatoms. The van der Waals surface area contributed by atoms with Crippen LogP contribution in [0.5, 0.6) is 0 Å². The fourth-order valence-corrected chi connectivity index (χ4v) is 5.35. The summed E-state index contributed by atoms with van der Waals surface area (Å²) in [6.45, 7) is 0.516. The summed E-state index contributed by atoms with van der Waals surface area (Å²) in [6.07, 6.45) is 1.18. The van der Waals surface area contributed by atoms with Crippen LogP contribution in [0.1, 0.15) is 18.7 Å². The standard InChI is InChI=1S/C21H20Cl2N4O4S/c22-16-6-8-18(9-7-16)32(29,30)27-10-2-4-15(13-27)21(28)24-12-19-25-20(26-31-19)14-3-1-5-17(23)11-14/h1,3,5-9,11,15H,2,4,10,12-13H2,(H,24,28). The second-order valence-electron chi connectivity index (χ2n) is 7.40. The number of sulfonamides is 1. The number of aromatic nitrogens is 2. The van der Waals surface area contributed by atoms with Gasteiger partial charge in [-0.15, -0.1) is 0 Å². The number of halogens is 2. The molecule has 2 aromatic carbocycles. The van der Waals surface area contributed by atoms with Gasteiger partial charge < -0.3 is 9.84 Å². The number of piperidine rings is 1. The van der Waals surface area contributed by atoms with E-state index in [0.29, 0.717) is 40.8 Å². The molecule has 3 aromatic rings. The van der Waals surface area contributed by atoms with Crippen LogP contribution in [0.4, 0.5) is 0 Å². The fourth-order valence-electron chi connectivity index (χ4n) is 3.51. The summed E-state index contributed by atoms with van der Waals surface area (Å²) in [6, 6.07) is 13.0. The molecule has 1 amide bonds. The third kappa shape index (κ3) is 5.12. The number of hydrogen-bond donors (Lipinski definition) is 1. The Bertz CT molecular complexity index is 1210. The summed E-state index contributed by atoms with van der Waals surface area (Å²) < 4.78 is 32.4. The number of carbonyl (C=O) groups is 1. The number of hydrogen-bond acceptors (Lipinski definition) is 6. The maximum atomic E-state index is 12.9. The molecule has 0 bridgehead atoms. The van der Waals surface area contributed by atoms with Crippen LogP contribution in [0, 0.1) is 5.92 Å². The van der Waals surface area contributed by atoms with E-state index < -0.39 is 15.9 Å². The molecule has 4 rings (SSSR count). The Hall–Kier alpha value is -2.46. The van der Waals surface area contributed by atoms with E-state index >= 15 is 0 Å². The van der Waals surface area contributed by atoms with Crippen LogP contribution < -0.4 is 5.32 Å². The van der Waals surface area contributed by atoms with E-state index in [9.17, 15) is 13.2 Å². The maximum absolute atomic E-state index is 12.9. The highest BCUT2D eigenvalue weighted by atomic mass is 35.5. The summed E-state index contributed by atoms with van der Waals surface area (Å²) in [5.41, 5.74) is 0.703. The number of nitrogens with one attached hydrogen (secondary N) is 1. The van der Waals surface area contributed by atoms with Gasteiger partial charge >= 0.3 is 0 Å². The Balaban J connectivity index is 1.37. The summed E-state index contributed by atoms with van der Waals surface area (Å²) in [7, 11) is -3.70. The van der Waals surface area contributed by atoms with Gasteiger partial charge in [0.15, 0.2) is 0 Å². The zero-order chi connectivity index (χ0) is 22.7. The average Bonchev–Trinajstić information content (AvgIpc) is 3.27. The van der Waals surface area contributed by atoms with E-state index in [0.717, 1.165) is 0 Å². The SMILES string of the molecule is O=C(NCc1nc(-c2cccc(Cl)c2)no1)C1CCCN(S(=O)(=O)c2ccc(Cl)cc2)C1. The van der Waals surface area contributed by atoms with Gasteiger partial charge in [0.1, 0.15) is 0 Å². The summed E-state index contributed by atoms with van der Waals surface area (Å²) in [5.74, 6) is -0.117. The van der Waals surface area contributed by atoms with Crippen molar-refractivity contribution in [1.29, 1.82) is 0 Å². The first-order valence-corrected chi connectivity index (χ1v) is 12.1. The van der Waals surface area contributed by atoms with Crippen molar-refractivity contribution in [1.82, 2.24) is 19.8 Å². The minimum atomic E-state index is -3.70. The highest BCUT2D eigenvalue weighted by Crippen LogP contribution is 2.25. The van der Waals surface area contributed by atoms with Gasteiger partial charge in [-0.25, -0.2) is 8.42 Å². The molecule has 0 aliphatic carbocycles. The van der Waals surface area contributed by atoms with Crippen molar-refractivity contribution in [2.75, 3.05) is 13.1 Å². The number of carbonyl (C=O) groups excluding carboxylic acids is 1. The van der Waals surface area contributed by atoms with Crippen LogP contribution in [0.2, 0.25) is 10.0 Å². The molecular weight excluding hydrogens is 475 g/mol. The molecule has 1 N–H and O–H groups in total. The topological polar surface area (TPSA) is 105 Å². The van der Waals surface area contributed by atoms with Crippen molar-refractivity contribution in [3.63, 3.8) is 0 Å². The molecule has 0 saturated carbocycles. The highest BCUT2D eigenvalue weighted by Gasteiger charge is 2.33. The molecule has 1 aliphatic heterocycles. The Labute approximate surface area is 195 Å². The van der Waals surface area contributed by atoms with Crippen molar-refractivity contribution in [2.24, 2.45) is 5.92 Å². The Morgan fingerprint density at radius 1 is 1.16 bits per heavy atom. The lowest BCUT2D eigenvalue weighted by molar-refractivity contribution is -0.126. The maximum Gasteiger partial charge on any atom is 0.246 e. The van der Waals surface area contributed by atoms with Crippen LogP contribution in [0.3, 0.4) is 0 Å². The minimum absolute atomic E-state index is 0.0484. The number of amides is 1. The van der Waals surface area contributed by atoms with E-state index in [4.69, 9.17) is 27.7 Å². The number of nitrogens with zero attached hydrogens (tertiary/aromatic N) is 3. The molecule has 1 fully saturated rings. The van der Waals surface area contributed by atoms with Gasteiger partial charge in [-0.2, -0.15) is 9.29 Å². The van der Waals surface area contributed by atoms with Crippen LogP contribution in [0.15, 0.2) is 57.9 Å². The molecule has 168 valence electrons. The lowest BCUT2D eigenvalue weighted by Gasteiger charge is -2.31. The Kier molecular flexibility index (Phi) is 6.80. The molecule has 2 heterocycles. The molecule has 0 spiro atoms. The van der Waals surface area contributed by atoms with E-state index in [1.807, 2.05) is 0 Å². The molecule has 32 heavy (non-hydrogen) atoms. The van der Waals surface area contributed by atoms with Crippen LogP contribution in [-0.2, 0) is 21.4 Å². The van der Waals surface area contributed by atoms with Gasteiger partial charge in [0.05, 0.1) is 17.4 Å². The number of benzene rings is 2. The smallest absolute Gasteiger partial charge is 0.246 e. The predicted molar refractivity (Wildman–Crippen MR) is 120 cm³/mol. The van der Waals surface area contributed by atoms with Crippen molar-refractivity contribution in [2.45, 2.75) is 24.3 Å². The molecule has 1 aliphatic rings. The highest BCUT2D eigenvalue weighted by molar-refractivity contribution is 7.89. The summed E-state index contributed by atoms with van der Waals surface area (Å²) >= 11 is 11.8. The molecule has 8 nitrogen and oxygen atoms in total. The van der Waals surface area contributed by atoms with Gasteiger partial charge in [0.2, 0.25) is 27.6 Å². The van der Waals surface area contributed by atoms with Crippen molar-refractivity contribution >= 4 is 39.1 Å². The molecule has 1 unspecified atom stereocenters. The first kappa shape index (κ1) is 22.7. The minimum Gasteiger partial charge on any atom is -0.347 e. The van der Waals surface area contributed by atoms with Crippen molar-refractivity contribution in [3.8, 4) is 11.4 Å². The first-order chi connectivity index (χ1) is 15.3. The monoisotopic (exact) mass is 494 g/mol. The summed E-state index contributed by atoms with van der Waals surface area (Å²) in [5, 5.41) is 7.68. The van der Waals surface area contributed by atoms with Gasteiger partial charge in [-0.3, -0.25) is 4.79 Å². The van der Waals surface area contributed by atoms with Crippen molar-refractivity contribution < 1.29 is 17.7 Å². The second kappa shape index (κ2) is 9.58. The molecule has 0 radical (unpaired) electrons. The third-order valence-electron chi connectivity index (χ3n) is 5.17. The quantitative estimate of drug-likeness (QED) is 0.559. The van der Waals surface area contributed by atoms with E-state index in [1.54, 1.807) is 24.3 Å². The van der Waals surface area contributed by atoms with Gasteiger partial charge in [0.25, 0.3) is 0 Å². The van der Waals surface area contributed by atoms with Crippen LogP contribution in [0.25, 0.3) is 11.4 Å². The zero-order valence-corrected chi connectivity index (χ0v) is 19.2. The zero-order valence-electron chi connectivity index (χ0n) is 16.9. The normalized spacial score (nSPS) is 17.2. The Morgan fingerprint density at radius 3 is 2.69 bits per heavy atom. The van der Waals surface area contributed by atoms with E-state index in [-0.39, 0.29) is 29.8 Å². The van der Waals surface area contributed by atoms with Crippen molar-refractivity contribution in [3.05, 3.63) is 64.5 Å².